The average molecular weight is 399 g/mol. The number of ketones is 2. The first kappa shape index (κ1) is 20.3. The van der Waals surface area contributed by atoms with Gasteiger partial charge in [-0.3, -0.25) is 9.59 Å². The van der Waals surface area contributed by atoms with Crippen molar-refractivity contribution in [3.05, 3.63) is 70.2 Å². The Kier molecular flexibility index (Phi) is 6.63. The molecule has 2 aromatic carbocycles. The molecule has 1 aliphatic carbocycles. The van der Waals surface area contributed by atoms with Gasteiger partial charge < -0.3 is 4.74 Å². The van der Waals surface area contributed by atoms with Crippen LogP contribution in [0, 0.1) is 5.92 Å². The lowest BCUT2D eigenvalue weighted by molar-refractivity contribution is -0.116. The van der Waals surface area contributed by atoms with Gasteiger partial charge in [-0.15, -0.1) is 0 Å². The number of benzene rings is 2. The fourth-order valence-electron chi connectivity index (χ4n) is 3.91. The van der Waals surface area contributed by atoms with E-state index in [0.717, 1.165) is 30.7 Å². The average Bonchev–Trinajstić information content (AvgIpc) is 2.73. The summed E-state index contributed by atoms with van der Waals surface area (Å²) in [6, 6.07) is 14.2. The van der Waals surface area contributed by atoms with Gasteiger partial charge in [0.2, 0.25) is 11.6 Å². The summed E-state index contributed by atoms with van der Waals surface area (Å²) in [6.07, 6.45) is 4.02. The molecule has 1 aliphatic rings. The van der Waals surface area contributed by atoms with Gasteiger partial charge in [0.05, 0.1) is 12.7 Å². The van der Waals surface area contributed by atoms with Gasteiger partial charge in [-0.25, -0.2) is 4.79 Å². The molecule has 0 atom stereocenters. The highest BCUT2D eigenvalue weighted by molar-refractivity contribution is 6.44. The largest absolute Gasteiger partial charge is 0.465 e. The second-order valence-electron chi connectivity index (χ2n) is 7.26. The maximum Gasteiger partial charge on any atom is 0.338 e. The molecule has 0 saturated heterocycles. The zero-order valence-corrected chi connectivity index (χ0v) is 16.6. The number of esters is 1. The molecule has 1 fully saturated rings. The number of rotatable bonds is 6. The van der Waals surface area contributed by atoms with Crippen molar-refractivity contribution in [2.24, 2.45) is 5.92 Å². The Balaban J connectivity index is 1.59. The van der Waals surface area contributed by atoms with Crippen LogP contribution in [-0.4, -0.2) is 24.6 Å². The van der Waals surface area contributed by atoms with Crippen LogP contribution in [0.4, 0.5) is 0 Å². The van der Waals surface area contributed by atoms with E-state index in [9.17, 15) is 14.4 Å². The Hall–Kier alpha value is -2.46. The minimum atomic E-state index is -0.611. The Labute approximate surface area is 169 Å². The molecule has 5 heteroatoms. The van der Waals surface area contributed by atoms with Crippen LogP contribution in [0.1, 0.15) is 64.3 Å². The number of hydrogen-bond donors (Lipinski definition) is 0. The van der Waals surface area contributed by atoms with E-state index in [4.69, 9.17) is 16.3 Å². The van der Waals surface area contributed by atoms with Crippen molar-refractivity contribution >= 4 is 29.1 Å². The molecule has 146 valence electrons. The lowest BCUT2D eigenvalue weighted by atomic mass is 9.76. The van der Waals surface area contributed by atoms with E-state index in [-0.39, 0.29) is 23.5 Å². The van der Waals surface area contributed by atoms with Crippen LogP contribution in [0.15, 0.2) is 48.5 Å². The van der Waals surface area contributed by atoms with E-state index in [1.807, 2.05) is 12.1 Å². The highest BCUT2D eigenvalue weighted by atomic mass is 35.5. The molecule has 0 N–H and O–H groups in total. The van der Waals surface area contributed by atoms with Gasteiger partial charge in [-0.2, -0.15) is 0 Å². The lowest BCUT2D eigenvalue weighted by Gasteiger charge is -2.28. The fourth-order valence-corrected chi connectivity index (χ4v) is 4.04. The van der Waals surface area contributed by atoms with E-state index < -0.39 is 17.5 Å². The molecule has 0 radical (unpaired) electrons. The Morgan fingerprint density at radius 3 is 2.14 bits per heavy atom. The van der Waals surface area contributed by atoms with Gasteiger partial charge in [0.15, 0.2) is 0 Å². The topological polar surface area (TPSA) is 60.4 Å². The van der Waals surface area contributed by atoms with Gasteiger partial charge in [-0.05, 0) is 61.3 Å². The number of Topliss-reactive ketones (excluding diaryl/α,β-unsaturated/α-hetero) is 2. The third-order valence-corrected chi connectivity index (χ3v) is 5.74. The molecule has 0 heterocycles. The van der Waals surface area contributed by atoms with Crippen molar-refractivity contribution in [2.75, 3.05) is 7.11 Å². The van der Waals surface area contributed by atoms with Crippen LogP contribution in [0.2, 0.25) is 5.02 Å². The van der Waals surface area contributed by atoms with Gasteiger partial charge in [0, 0.05) is 17.0 Å². The maximum atomic E-state index is 12.6. The molecule has 0 unspecified atom stereocenters. The minimum absolute atomic E-state index is 0.120. The Morgan fingerprint density at radius 1 is 0.929 bits per heavy atom. The van der Waals surface area contributed by atoms with Crippen molar-refractivity contribution in [1.82, 2.24) is 0 Å². The first-order valence-corrected chi connectivity index (χ1v) is 9.87. The number of carbonyl (C=O) groups excluding carboxylic acids is 3. The smallest absolute Gasteiger partial charge is 0.338 e. The number of hydrogen-bond acceptors (Lipinski definition) is 4. The highest BCUT2D eigenvalue weighted by Crippen LogP contribution is 2.37. The first-order valence-electron chi connectivity index (χ1n) is 9.50. The van der Waals surface area contributed by atoms with Crippen molar-refractivity contribution in [3.63, 3.8) is 0 Å². The summed E-state index contributed by atoms with van der Waals surface area (Å²) >= 11 is 5.95. The monoisotopic (exact) mass is 398 g/mol. The molecule has 0 spiro atoms. The van der Waals surface area contributed by atoms with Crippen LogP contribution in [0.3, 0.4) is 0 Å². The standard InChI is InChI=1S/C23H23ClO4/c1-28-23(27)20-5-3-2-4-19(20)22(26)21(25)14-15-6-8-16(9-7-15)17-10-12-18(24)13-11-17/h2-5,10-13,15-16H,6-9,14H2,1H3. The van der Waals surface area contributed by atoms with Gasteiger partial charge in [-0.1, -0.05) is 41.9 Å². The quantitative estimate of drug-likeness (QED) is 0.379. The molecular weight excluding hydrogens is 376 g/mol. The minimum Gasteiger partial charge on any atom is -0.465 e. The summed E-state index contributed by atoms with van der Waals surface area (Å²) < 4.78 is 4.71. The SMILES string of the molecule is COC(=O)c1ccccc1C(=O)C(=O)CC1CCC(c2ccc(Cl)cc2)CC1. The molecule has 2 aromatic rings. The predicted octanol–water partition coefficient (Wildman–Crippen LogP) is 5.24. The molecule has 0 bridgehead atoms. The first-order chi connectivity index (χ1) is 13.5. The molecule has 0 aliphatic heterocycles. The Bertz CT molecular complexity index is 864. The third kappa shape index (κ3) is 4.68. The van der Waals surface area contributed by atoms with Crippen molar-refractivity contribution in [1.29, 1.82) is 0 Å². The molecule has 4 nitrogen and oxygen atoms in total. The lowest BCUT2D eigenvalue weighted by Crippen LogP contribution is -2.23. The zero-order chi connectivity index (χ0) is 20.1. The van der Waals surface area contributed by atoms with Crippen LogP contribution in [-0.2, 0) is 9.53 Å². The molecule has 1 saturated carbocycles. The van der Waals surface area contributed by atoms with Crippen molar-refractivity contribution in [3.8, 4) is 0 Å². The summed E-state index contributed by atoms with van der Waals surface area (Å²) in [5.74, 6) is -0.989. The van der Waals surface area contributed by atoms with Gasteiger partial charge in [0.1, 0.15) is 0 Å². The van der Waals surface area contributed by atoms with E-state index >= 15 is 0 Å². The number of methoxy groups -OCH3 is 1. The summed E-state index contributed by atoms with van der Waals surface area (Å²) in [7, 11) is 1.25. The molecule has 3 rings (SSSR count). The molecule has 28 heavy (non-hydrogen) atoms. The van der Waals surface area contributed by atoms with Crippen LogP contribution >= 0.6 is 11.6 Å². The van der Waals surface area contributed by atoms with Crippen molar-refractivity contribution in [2.45, 2.75) is 38.0 Å². The predicted molar refractivity (Wildman–Crippen MR) is 108 cm³/mol. The second-order valence-corrected chi connectivity index (χ2v) is 7.70. The second kappa shape index (κ2) is 9.16. The molecule has 0 aromatic heterocycles. The fraction of sp³-hybridized carbons (Fsp3) is 0.348. The van der Waals surface area contributed by atoms with Gasteiger partial charge >= 0.3 is 5.97 Å². The van der Waals surface area contributed by atoms with Crippen molar-refractivity contribution < 1.29 is 19.1 Å². The van der Waals surface area contributed by atoms with Crippen LogP contribution < -0.4 is 0 Å². The van der Waals surface area contributed by atoms with E-state index in [1.165, 1.54) is 24.8 Å². The summed E-state index contributed by atoms with van der Waals surface area (Å²) in [5, 5.41) is 0.730. The zero-order valence-electron chi connectivity index (χ0n) is 15.8. The van der Waals surface area contributed by atoms with E-state index in [2.05, 4.69) is 12.1 Å². The Morgan fingerprint density at radius 2 is 1.54 bits per heavy atom. The van der Waals surface area contributed by atoms with E-state index in [0.29, 0.717) is 5.92 Å². The highest BCUT2D eigenvalue weighted by Gasteiger charge is 2.28. The van der Waals surface area contributed by atoms with E-state index in [1.54, 1.807) is 12.1 Å². The maximum absolute atomic E-state index is 12.6. The number of carbonyl (C=O) groups is 3. The van der Waals surface area contributed by atoms with Gasteiger partial charge in [0.25, 0.3) is 0 Å². The summed E-state index contributed by atoms with van der Waals surface area (Å²) in [5.41, 5.74) is 1.53. The van der Waals surface area contributed by atoms with Crippen LogP contribution in [0.25, 0.3) is 0 Å². The molecule has 0 amide bonds. The molecular formula is C23H23ClO4. The number of halogens is 1. The summed E-state index contributed by atoms with van der Waals surface area (Å²) in [6.45, 7) is 0. The summed E-state index contributed by atoms with van der Waals surface area (Å²) in [4.78, 5) is 37.0. The third-order valence-electron chi connectivity index (χ3n) is 5.49. The van der Waals surface area contributed by atoms with Crippen LogP contribution in [0.5, 0.6) is 0 Å². The number of ether oxygens (including phenoxy) is 1. The normalized spacial score (nSPS) is 19.1.